The van der Waals surface area contributed by atoms with Gasteiger partial charge in [0, 0.05) is 28.7 Å². The Morgan fingerprint density at radius 2 is 1.93 bits per heavy atom. The van der Waals surface area contributed by atoms with Crippen LogP contribution in [0.25, 0.3) is 10.1 Å². The van der Waals surface area contributed by atoms with Crippen molar-refractivity contribution in [1.82, 2.24) is 10.3 Å². The van der Waals surface area contributed by atoms with Gasteiger partial charge in [0.15, 0.2) is 0 Å². The third-order valence-corrected chi connectivity index (χ3v) is 5.16. The number of urea groups is 1. The Hall–Kier alpha value is -2.61. The quantitative estimate of drug-likeness (QED) is 0.626. The molecule has 1 aromatic carbocycles. The van der Waals surface area contributed by atoms with E-state index in [2.05, 4.69) is 15.6 Å². The second-order valence-electron chi connectivity index (χ2n) is 6.30. The SMILES string of the molecule is Cc1sc2cnccc2c1NC(=O)NC(C)Cc1ccc(C(F)(F)F)cc1. The second kappa shape index (κ2) is 7.56. The summed E-state index contributed by atoms with van der Waals surface area (Å²) in [7, 11) is 0. The molecule has 0 radical (unpaired) electrons. The van der Waals surface area contributed by atoms with E-state index in [4.69, 9.17) is 0 Å². The van der Waals surface area contributed by atoms with Crippen molar-refractivity contribution in [2.24, 2.45) is 0 Å². The maximum atomic E-state index is 12.6. The molecule has 1 unspecified atom stereocenters. The fourth-order valence-electron chi connectivity index (χ4n) is 2.84. The monoisotopic (exact) mass is 393 g/mol. The maximum Gasteiger partial charge on any atom is 0.416 e. The van der Waals surface area contributed by atoms with E-state index in [1.807, 2.05) is 13.0 Å². The third-order valence-electron chi connectivity index (χ3n) is 4.11. The van der Waals surface area contributed by atoms with Crippen LogP contribution in [-0.2, 0) is 12.6 Å². The molecule has 3 aromatic rings. The highest BCUT2D eigenvalue weighted by molar-refractivity contribution is 7.19. The van der Waals surface area contributed by atoms with Gasteiger partial charge in [-0.15, -0.1) is 11.3 Å². The molecule has 0 fully saturated rings. The van der Waals surface area contributed by atoms with Gasteiger partial charge in [-0.1, -0.05) is 12.1 Å². The predicted octanol–water partition coefficient (Wildman–Crippen LogP) is 5.38. The molecule has 1 atom stereocenters. The summed E-state index contributed by atoms with van der Waals surface area (Å²) in [6.07, 6.45) is -0.494. The van der Waals surface area contributed by atoms with Gasteiger partial charge in [-0.3, -0.25) is 4.98 Å². The zero-order valence-electron chi connectivity index (χ0n) is 14.7. The van der Waals surface area contributed by atoms with Gasteiger partial charge in [0.05, 0.1) is 16.0 Å². The molecular formula is C19H18F3N3OS. The Labute approximate surface area is 158 Å². The third kappa shape index (κ3) is 4.57. The Kier molecular flexibility index (Phi) is 5.36. The van der Waals surface area contributed by atoms with Crippen molar-refractivity contribution in [2.45, 2.75) is 32.5 Å². The van der Waals surface area contributed by atoms with Gasteiger partial charge >= 0.3 is 12.2 Å². The Bertz CT molecular complexity index is 951. The fourth-order valence-corrected chi connectivity index (χ4v) is 3.82. The van der Waals surface area contributed by atoms with Crippen molar-refractivity contribution in [3.8, 4) is 0 Å². The largest absolute Gasteiger partial charge is 0.416 e. The van der Waals surface area contributed by atoms with E-state index in [9.17, 15) is 18.0 Å². The van der Waals surface area contributed by atoms with Crippen molar-refractivity contribution >= 4 is 33.1 Å². The minimum Gasteiger partial charge on any atom is -0.335 e. The molecule has 0 saturated carbocycles. The van der Waals surface area contributed by atoms with Crippen molar-refractivity contribution < 1.29 is 18.0 Å². The summed E-state index contributed by atoms with van der Waals surface area (Å²) in [4.78, 5) is 17.4. The first-order chi connectivity index (χ1) is 12.7. The number of aryl methyl sites for hydroxylation is 1. The van der Waals surface area contributed by atoms with Crippen LogP contribution >= 0.6 is 11.3 Å². The number of thiophene rings is 1. The lowest BCUT2D eigenvalue weighted by atomic mass is 10.1. The molecule has 27 heavy (non-hydrogen) atoms. The molecule has 0 bridgehead atoms. The number of anilines is 1. The molecule has 2 N–H and O–H groups in total. The minimum absolute atomic E-state index is 0.242. The predicted molar refractivity (Wildman–Crippen MR) is 101 cm³/mol. The Morgan fingerprint density at radius 3 is 2.59 bits per heavy atom. The Balaban J connectivity index is 1.61. The first kappa shape index (κ1) is 19.2. The Morgan fingerprint density at radius 1 is 1.22 bits per heavy atom. The van der Waals surface area contributed by atoms with Crippen LogP contribution in [-0.4, -0.2) is 17.1 Å². The highest BCUT2D eigenvalue weighted by Crippen LogP contribution is 2.34. The van der Waals surface area contributed by atoms with Crippen molar-refractivity contribution in [2.75, 3.05) is 5.32 Å². The lowest BCUT2D eigenvalue weighted by Crippen LogP contribution is -2.37. The fraction of sp³-hybridized carbons (Fsp3) is 0.263. The van der Waals surface area contributed by atoms with Gasteiger partial charge < -0.3 is 10.6 Å². The summed E-state index contributed by atoms with van der Waals surface area (Å²) in [5.74, 6) is 0. The normalized spacial score (nSPS) is 12.8. The lowest BCUT2D eigenvalue weighted by molar-refractivity contribution is -0.137. The number of carbonyl (C=O) groups excluding carboxylic acids is 1. The van der Waals surface area contributed by atoms with E-state index in [0.29, 0.717) is 6.42 Å². The smallest absolute Gasteiger partial charge is 0.335 e. The van der Waals surface area contributed by atoms with Crippen LogP contribution in [0.4, 0.5) is 23.7 Å². The van der Waals surface area contributed by atoms with Gasteiger partial charge in [0.25, 0.3) is 0 Å². The van der Waals surface area contributed by atoms with Crippen LogP contribution in [0.3, 0.4) is 0 Å². The van der Waals surface area contributed by atoms with E-state index in [1.165, 1.54) is 12.1 Å². The molecule has 2 amide bonds. The number of halogens is 3. The van der Waals surface area contributed by atoms with Crippen LogP contribution in [0.1, 0.15) is 22.9 Å². The van der Waals surface area contributed by atoms with Gasteiger partial charge in [-0.25, -0.2) is 4.79 Å². The maximum absolute atomic E-state index is 12.6. The summed E-state index contributed by atoms with van der Waals surface area (Å²) < 4.78 is 38.8. The number of hydrogen-bond donors (Lipinski definition) is 2. The van der Waals surface area contributed by atoms with Gasteiger partial charge in [0.2, 0.25) is 0 Å². The number of nitrogens with zero attached hydrogens (tertiary/aromatic N) is 1. The number of nitrogens with one attached hydrogen (secondary N) is 2. The van der Waals surface area contributed by atoms with Gasteiger partial charge in [-0.05, 0) is 44.0 Å². The highest BCUT2D eigenvalue weighted by atomic mass is 32.1. The number of rotatable bonds is 4. The van der Waals surface area contributed by atoms with E-state index < -0.39 is 11.7 Å². The van der Waals surface area contributed by atoms with E-state index in [1.54, 1.807) is 30.7 Å². The number of hydrogen-bond acceptors (Lipinski definition) is 3. The van der Waals surface area contributed by atoms with Crippen molar-refractivity contribution in [3.63, 3.8) is 0 Å². The first-order valence-electron chi connectivity index (χ1n) is 8.31. The molecule has 142 valence electrons. The number of aromatic nitrogens is 1. The number of benzene rings is 1. The standard InChI is InChI=1S/C19H18F3N3OS/c1-11(9-13-3-5-14(6-4-13)19(20,21)22)24-18(26)25-17-12(2)27-16-10-23-8-7-15(16)17/h3-8,10-11H,9H2,1-2H3,(H2,24,25,26). The summed E-state index contributed by atoms with van der Waals surface area (Å²) in [5.41, 5.74) is 0.787. The molecule has 0 saturated heterocycles. The van der Waals surface area contributed by atoms with Crippen LogP contribution < -0.4 is 10.6 Å². The van der Waals surface area contributed by atoms with E-state index in [-0.39, 0.29) is 12.1 Å². The molecule has 2 heterocycles. The summed E-state index contributed by atoms with van der Waals surface area (Å²) in [6.45, 7) is 3.73. The zero-order chi connectivity index (χ0) is 19.6. The van der Waals surface area contributed by atoms with Crippen LogP contribution in [0.5, 0.6) is 0 Å². The minimum atomic E-state index is -4.35. The molecule has 0 aliphatic rings. The molecule has 8 heteroatoms. The van der Waals surface area contributed by atoms with Gasteiger partial charge in [0.1, 0.15) is 0 Å². The van der Waals surface area contributed by atoms with E-state index >= 15 is 0 Å². The van der Waals surface area contributed by atoms with Crippen LogP contribution in [0.15, 0.2) is 42.7 Å². The molecule has 2 aromatic heterocycles. The average molecular weight is 393 g/mol. The summed E-state index contributed by atoms with van der Waals surface area (Å²) in [6, 6.07) is 6.22. The number of alkyl halides is 3. The number of fused-ring (bicyclic) bond motifs is 1. The first-order valence-corrected chi connectivity index (χ1v) is 9.12. The molecule has 3 rings (SSSR count). The molecule has 0 spiro atoms. The van der Waals surface area contributed by atoms with Crippen molar-refractivity contribution in [3.05, 3.63) is 58.7 Å². The lowest BCUT2D eigenvalue weighted by Gasteiger charge is -2.15. The average Bonchev–Trinajstić information content (AvgIpc) is 2.90. The zero-order valence-corrected chi connectivity index (χ0v) is 15.5. The number of pyridine rings is 1. The molecule has 0 aliphatic heterocycles. The topological polar surface area (TPSA) is 54.0 Å². The summed E-state index contributed by atoms with van der Waals surface area (Å²) in [5, 5.41) is 6.61. The summed E-state index contributed by atoms with van der Waals surface area (Å²) >= 11 is 1.55. The highest BCUT2D eigenvalue weighted by Gasteiger charge is 2.29. The molecule has 4 nitrogen and oxygen atoms in total. The van der Waals surface area contributed by atoms with Gasteiger partial charge in [-0.2, -0.15) is 13.2 Å². The van der Waals surface area contributed by atoms with Crippen LogP contribution in [0, 0.1) is 6.92 Å². The second-order valence-corrected chi connectivity index (χ2v) is 7.56. The number of amides is 2. The molecule has 0 aliphatic carbocycles. The molecular weight excluding hydrogens is 375 g/mol. The van der Waals surface area contributed by atoms with Crippen molar-refractivity contribution in [1.29, 1.82) is 0 Å². The van der Waals surface area contributed by atoms with E-state index in [0.717, 1.165) is 38.3 Å². The van der Waals surface area contributed by atoms with Crippen LogP contribution in [0.2, 0.25) is 0 Å². The number of carbonyl (C=O) groups is 1.